The van der Waals surface area contributed by atoms with Crippen LogP contribution in [0.5, 0.6) is 0 Å². The van der Waals surface area contributed by atoms with Gasteiger partial charge in [0.15, 0.2) is 5.82 Å². The smallest absolute Gasteiger partial charge is 0.339 e. The van der Waals surface area contributed by atoms with E-state index in [0.717, 1.165) is 34.8 Å². The van der Waals surface area contributed by atoms with Gasteiger partial charge in [-0.15, -0.1) is 5.10 Å². The molecule has 0 unspecified atom stereocenters. The summed E-state index contributed by atoms with van der Waals surface area (Å²) in [6.07, 6.45) is 9.63. The molecule has 0 atom stereocenters. The molecule has 0 fully saturated rings. The first-order valence-corrected chi connectivity index (χ1v) is 27.2. The number of hydrogen-bond acceptors (Lipinski definition) is 18. The molecule has 448 valence electrons. The lowest BCUT2D eigenvalue weighted by atomic mass is 10.2. The fourth-order valence-corrected chi connectivity index (χ4v) is 5.82. The zero-order valence-corrected chi connectivity index (χ0v) is 51.6. The van der Waals surface area contributed by atoms with E-state index < -0.39 is 5.97 Å². The summed E-state index contributed by atoms with van der Waals surface area (Å²) < 4.78 is 41.0. The highest BCUT2D eigenvalue weighted by Gasteiger charge is 2.11. The zero-order chi connectivity index (χ0) is 61.9. The number of nitrogens with one attached hydrogen (secondary N) is 2. The monoisotopic (exact) mass is 1140 g/mol. The number of oxazole rings is 1. The zero-order valence-electron chi connectivity index (χ0n) is 51.6. The van der Waals surface area contributed by atoms with E-state index >= 15 is 0 Å². The van der Waals surface area contributed by atoms with Gasteiger partial charge >= 0.3 is 17.9 Å². The van der Waals surface area contributed by atoms with Crippen LogP contribution >= 0.6 is 0 Å². The van der Waals surface area contributed by atoms with E-state index in [0.29, 0.717) is 52.7 Å². The number of carbonyl (C=O) groups excluding carboxylic acids is 3. The van der Waals surface area contributed by atoms with E-state index in [1.54, 1.807) is 67.6 Å². The first-order valence-electron chi connectivity index (χ1n) is 27.2. The van der Waals surface area contributed by atoms with Crippen molar-refractivity contribution in [3.63, 3.8) is 0 Å². The van der Waals surface area contributed by atoms with E-state index in [1.807, 2.05) is 104 Å². The van der Waals surface area contributed by atoms with Gasteiger partial charge in [0.2, 0.25) is 0 Å². The normalized spacial score (nSPS) is 10.3. The molecule has 8 rings (SSSR count). The molecule has 2 aromatic carbocycles. The largest absolute Gasteiger partial charge is 0.459 e. The maximum absolute atomic E-state index is 12.5. The Morgan fingerprint density at radius 1 is 0.622 bits per heavy atom. The van der Waals surface area contributed by atoms with Gasteiger partial charge in [0, 0.05) is 54.6 Å². The molecule has 82 heavy (non-hydrogen) atoms. The average Bonchev–Trinajstić information content (AvgIpc) is 4.29. The van der Waals surface area contributed by atoms with Crippen molar-refractivity contribution < 1.29 is 41.9 Å². The Balaban J connectivity index is 0.000000471. The van der Waals surface area contributed by atoms with Crippen molar-refractivity contribution in [2.45, 2.75) is 187 Å². The second-order valence-electron chi connectivity index (χ2n) is 20.3. The molecule has 0 radical (unpaired) electrons. The molecule has 0 amide bonds. The SMILES string of the molecule is CC(C)OC(=O)c1ccc(F)cc1.CC(C)OC(=O)c1ccccc1.CC(C)OC(=O)c1cccnc1.CC(C)c1ccno1.CC(C)n1ccnn1.Cc1coc(NC(C)C)n1.Cc1nc(C(C)C)n[nH]1.Cc1nc(C)n(C(C)C)n1. The number of nitrogens with zero attached hydrogens (tertiary/aromatic N) is 11. The van der Waals surface area contributed by atoms with Crippen LogP contribution in [0.2, 0.25) is 0 Å². The van der Waals surface area contributed by atoms with Crippen molar-refractivity contribution in [3.05, 3.63) is 167 Å². The van der Waals surface area contributed by atoms with Gasteiger partial charge in [-0.3, -0.25) is 14.8 Å². The number of anilines is 1. The predicted molar refractivity (Wildman–Crippen MR) is 315 cm³/mol. The number of halogens is 1. The van der Waals surface area contributed by atoms with E-state index in [-0.39, 0.29) is 36.1 Å². The number of aromatic amines is 1. The van der Waals surface area contributed by atoms with Crippen LogP contribution in [-0.4, -0.2) is 102 Å². The summed E-state index contributed by atoms with van der Waals surface area (Å²) in [5.41, 5.74) is 2.37. The van der Waals surface area contributed by atoms with Crippen molar-refractivity contribution >= 4 is 23.9 Å². The number of rotatable bonds is 12. The number of hydrogen-bond donors (Lipinski definition) is 2. The molecule has 0 aliphatic carbocycles. The number of carbonyl (C=O) groups is 3. The van der Waals surface area contributed by atoms with Crippen molar-refractivity contribution in [2.24, 2.45) is 0 Å². The number of H-pyrrole nitrogens is 1. The fraction of sp³-hybridized carbons (Fsp3) is 0.467. The Morgan fingerprint density at radius 2 is 1.18 bits per heavy atom. The van der Waals surface area contributed by atoms with Crippen molar-refractivity contribution in [2.75, 3.05) is 5.32 Å². The second-order valence-corrected chi connectivity index (χ2v) is 20.3. The molecule has 0 saturated heterocycles. The van der Waals surface area contributed by atoms with Gasteiger partial charge < -0.3 is 28.5 Å². The first-order chi connectivity index (χ1) is 38.6. The molecule has 22 heteroatoms. The standard InChI is InChI=1S/C10H11FO2.C10H12O2.C9H11NO2.C7H13N3.C7H12N2O.C6H11N3.C6H9NO.C5H9N3/c1-7(2)13-10(12)8-3-5-9(11)6-4-8;1-8(2)12-10(11)9-6-4-3-5-7-9;1-7(2)12-9(11)8-4-3-5-10-6-8;1-5(2)10-7(4)8-6(3)9-10;1-5(2)8-7-9-6(3)4-10-7;1-4(2)6-7-5(3)8-9-6;1-5(2)6-3-4-7-8-6;1-5(2)8-4-3-6-7-8/h3-7H,1-2H3;3-8H,1-2H3;3-7H,1-2H3;5H,1-4H3;4-5H,1-3H3,(H,8,9);4H,1-3H3,(H,7,8,9);2*3-5H,1-2H3. The summed E-state index contributed by atoms with van der Waals surface area (Å²) >= 11 is 0. The third-order valence-corrected chi connectivity index (χ3v) is 9.57. The highest BCUT2D eigenvalue weighted by atomic mass is 19.1. The number of aromatic nitrogens is 12. The Labute approximate surface area is 483 Å². The molecule has 8 aromatic rings. The van der Waals surface area contributed by atoms with E-state index in [2.05, 4.69) is 111 Å². The Bertz CT molecular complexity index is 2800. The molecule has 0 aliphatic rings. The number of benzene rings is 2. The fourth-order valence-electron chi connectivity index (χ4n) is 5.82. The van der Waals surface area contributed by atoms with Gasteiger partial charge in [0.1, 0.15) is 35.3 Å². The van der Waals surface area contributed by atoms with Gasteiger partial charge in [0.25, 0.3) is 6.01 Å². The molecule has 0 spiro atoms. The number of ether oxygens (including phenoxy) is 3. The van der Waals surface area contributed by atoms with Crippen LogP contribution in [0.3, 0.4) is 0 Å². The third kappa shape index (κ3) is 32.0. The van der Waals surface area contributed by atoms with E-state index in [1.165, 1.54) is 30.5 Å². The van der Waals surface area contributed by atoms with Crippen molar-refractivity contribution in [3.8, 4) is 0 Å². The Kier molecular flexibility index (Phi) is 34.1. The molecule has 6 heterocycles. The predicted octanol–water partition coefficient (Wildman–Crippen LogP) is 13.5. The van der Waals surface area contributed by atoms with Gasteiger partial charge in [0.05, 0.1) is 53.1 Å². The number of pyridine rings is 1. The number of aryl methyl sites for hydroxylation is 4. The second kappa shape index (κ2) is 39.0. The lowest BCUT2D eigenvalue weighted by Gasteiger charge is -2.07. The maximum atomic E-state index is 12.5. The summed E-state index contributed by atoms with van der Waals surface area (Å²) in [6, 6.07) is 21.3. The van der Waals surface area contributed by atoms with Crippen LogP contribution in [0.25, 0.3) is 0 Å². The van der Waals surface area contributed by atoms with Gasteiger partial charge in [-0.25, -0.2) is 33.4 Å². The molecule has 21 nitrogen and oxygen atoms in total. The van der Waals surface area contributed by atoms with Crippen LogP contribution in [0.1, 0.15) is 201 Å². The molecular weight excluding hydrogens is 1050 g/mol. The van der Waals surface area contributed by atoms with Crippen LogP contribution in [0.4, 0.5) is 10.4 Å². The topological polar surface area (TPSA) is 259 Å². The van der Waals surface area contributed by atoms with Crippen molar-refractivity contribution in [1.82, 2.24) is 60.1 Å². The summed E-state index contributed by atoms with van der Waals surface area (Å²) in [6.45, 7) is 39.2. The van der Waals surface area contributed by atoms with Crippen LogP contribution < -0.4 is 5.32 Å². The summed E-state index contributed by atoms with van der Waals surface area (Å²) in [5.74, 6) is 4.10. The maximum Gasteiger partial charge on any atom is 0.339 e. The van der Waals surface area contributed by atoms with Crippen LogP contribution in [0.15, 0.2) is 119 Å². The molecule has 2 N–H and O–H groups in total. The highest BCUT2D eigenvalue weighted by Crippen LogP contribution is 2.12. The molecule has 0 aliphatic heterocycles. The highest BCUT2D eigenvalue weighted by molar-refractivity contribution is 5.90. The lowest BCUT2D eigenvalue weighted by Crippen LogP contribution is -2.11. The molecule has 0 bridgehead atoms. The van der Waals surface area contributed by atoms with Crippen molar-refractivity contribution in [1.29, 1.82) is 0 Å². The average molecular weight is 1140 g/mol. The quantitative estimate of drug-likeness (QED) is 0.0851. The van der Waals surface area contributed by atoms with Gasteiger partial charge in [-0.2, -0.15) is 15.2 Å². The lowest BCUT2D eigenvalue weighted by molar-refractivity contribution is 0.0367. The Hall–Kier alpha value is -8.43. The summed E-state index contributed by atoms with van der Waals surface area (Å²) in [4.78, 5) is 49.9. The van der Waals surface area contributed by atoms with E-state index in [4.69, 9.17) is 23.2 Å². The van der Waals surface area contributed by atoms with Crippen LogP contribution in [-0.2, 0) is 14.2 Å². The minimum absolute atomic E-state index is 0.0577. The summed E-state index contributed by atoms with van der Waals surface area (Å²) in [7, 11) is 0. The Morgan fingerprint density at radius 3 is 1.51 bits per heavy atom. The third-order valence-electron chi connectivity index (χ3n) is 9.57. The molecule has 6 aromatic heterocycles. The minimum atomic E-state index is -0.421. The number of esters is 3. The van der Waals surface area contributed by atoms with E-state index in [9.17, 15) is 18.8 Å². The van der Waals surface area contributed by atoms with Gasteiger partial charge in [-0.1, -0.05) is 56.3 Å². The molecular formula is C60H88FN13O8. The first kappa shape index (κ1) is 71.6. The molecule has 0 saturated carbocycles. The minimum Gasteiger partial charge on any atom is -0.459 e. The summed E-state index contributed by atoms with van der Waals surface area (Å²) in [5, 5.41) is 25.0. The van der Waals surface area contributed by atoms with Crippen LogP contribution in [0, 0.1) is 33.5 Å². The van der Waals surface area contributed by atoms with Gasteiger partial charge in [-0.05, 0) is 159 Å².